The summed E-state index contributed by atoms with van der Waals surface area (Å²) in [6.45, 7) is 2.27. The molecular weight excluding hydrogens is 524 g/mol. The van der Waals surface area contributed by atoms with E-state index >= 15 is 0 Å². The van der Waals surface area contributed by atoms with Crippen LogP contribution in [-0.2, 0) is 5.41 Å². The molecule has 1 atom stereocenters. The quantitative estimate of drug-likeness (QED) is 0.215. The van der Waals surface area contributed by atoms with Crippen molar-refractivity contribution in [3.63, 3.8) is 0 Å². The van der Waals surface area contributed by atoms with Crippen LogP contribution in [0.3, 0.4) is 0 Å². The molecule has 2 heterocycles. The van der Waals surface area contributed by atoms with Crippen LogP contribution in [0.4, 0.5) is 0 Å². The standard InChI is InChI=1S/C40H28N2O/c1-25-23-37-34(24-30(25)39-41-35-21-11-7-17-29(35)38(42-39)26-13-3-2-4-14-26)40(33-20-10-12-22-36(33)43-37)31-18-8-5-15-27(31)28-16-6-9-19-32(28)40/h2-22,24-25H,23H2,1H3. The summed E-state index contributed by atoms with van der Waals surface area (Å²) in [5.41, 5.74) is 11.2. The third-order valence-electron chi connectivity index (χ3n) is 9.41. The smallest absolute Gasteiger partial charge is 0.156 e. The van der Waals surface area contributed by atoms with Gasteiger partial charge in [0.1, 0.15) is 11.5 Å². The van der Waals surface area contributed by atoms with Crippen LogP contribution >= 0.6 is 0 Å². The maximum Gasteiger partial charge on any atom is 0.156 e. The molecule has 0 saturated heterocycles. The first-order valence-electron chi connectivity index (χ1n) is 15.0. The van der Waals surface area contributed by atoms with Crippen molar-refractivity contribution in [2.24, 2.45) is 5.92 Å². The van der Waals surface area contributed by atoms with E-state index in [0.29, 0.717) is 0 Å². The number of nitrogens with zero attached hydrogens (tertiary/aromatic N) is 2. The van der Waals surface area contributed by atoms with Gasteiger partial charge >= 0.3 is 0 Å². The SMILES string of the molecule is CC1CC2=C(C=C1c1nc(-c3ccccc3)c3ccccc3n1)C1(c3ccccc3O2)c2ccccc2-c2ccccc21. The lowest BCUT2D eigenvalue weighted by molar-refractivity contribution is 0.350. The maximum absolute atomic E-state index is 6.76. The molecule has 0 fully saturated rings. The molecule has 1 aromatic heterocycles. The summed E-state index contributed by atoms with van der Waals surface area (Å²) in [6, 6.07) is 45.1. The highest BCUT2D eigenvalue weighted by Gasteiger charge is 2.52. The van der Waals surface area contributed by atoms with Crippen LogP contribution in [-0.4, -0.2) is 9.97 Å². The Hall–Kier alpha value is -5.28. The fourth-order valence-corrected chi connectivity index (χ4v) is 7.56. The first-order chi connectivity index (χ1) is 21.2. The van der Waals surface area contributed by atoms with Crippen molar-refractivity contribution in [3.05, 3.63) is 167 Å². The van der Waals surface area contributed by atoms with Crippen molar-refractivity contribution in [2.45, 2.75) is 18.8 Å². The Balaban J connectivity index is 1.34. The van der Waals surface area contributed by atoms with E-state index in [0.717, 1.165) is 51.5 Å². The number of rotatable bonds is 2. The lowest BCUT2D eigenvalue weighted by Gasteiger charge is -2.42. The van der Waals surface area contributed by atoms with Crippen LogP contribution < -0.4 is 4.74 Å². The molecule has 204 valence electrons. The zero-order chi connectivity index (χ0) is 28.5. The summed E-state index contributed by atoms with van der Waals surface area (Å²) in [6.07, 6.45) is 3.13. The molecule has 5 aromatic carbocycles. The molecule has 6 aromatic rings. The molecule has 3 nitrogen and oxygen atoms in total. The lowest BCUT2D eigenvalue weighted by Crippen LogP contribution is -2.36. The monoisotopic (exact) mass is 552 g/mol. The Labute approximate surface area is 250 Å². The van der Waals surface area contributed by atoms with E-state index < -0.39 is 5.41 Å². The van der Waals surface area contributed by atoms with Crippen molar-refractivity contribution < 1.29 is 4.74 Å². The van der Waals surface area contributed by atoms with Crippen molar-refractivity contribution in [1.29, 1.82) is 0 Å². The third-order valence-corrected chi connectivity index (χ3v) is 9.41. The molecular formula is C40H28N2O. The van der Waals surface area contributed by atoms with E-state index in [2.05, 4.69) is 134 Å². The second-order valence-electron chi connectivity index (χ2n) is 11.8. The molecule has 9 rings (SSSR count). The minimum absolute atomic E-state index is 0.178. The molecule has 43 heavy (non-hydrogen) atoms. The lowest BCUT2D eigenvalue weighted by atomic mass is 9.63. The first-order valence-corrected chi connectivity index (χ1v) is 15.0. The number of hydrogen-bond acceptors (Lipinski definition) is 3. The van der Waals surface area contributed by atoms with E-state index in [4.69, 9.17) is 14.7 Å². The Morgan fingerprint density at radius 3 is 2.05 bits per heavy atom. The third kappa shape index (κ3) is 3.36. The highest BCUT2D eigenvalue weighted by Crippen LogP contribution is 2.62. The van der Waals surface area contributed by atoms with Crippen LogP contribution in [0.5, 0.6) is 5.75 Å². The summed E-state index contributed by atoms with van der Waals surface area (Å²) < 4.78 is 6.76. The number of hydrogen-bond donors (Lipinski definition) is 0. The van der Waals surface area contributed by atoms with Gasteiger partial charge in [-0.3, -0.25) is 0 Å². The summed E-state index contributed by atoms with van der Waals surface area (Å²) in [4.78, 5) is 10.5. The van der Waals surface area contributed by atoms with Crippen molar-refractivity contribution >= 4 is 16.5 Å². The second kappa shape index (κ2) is 9.11. The van der Waals surface area contributed by atoms with Gasteiger partial charge in [0, 0.05) is 34.1 Å². The van der Waals surface area contributed by atoms with E-state index in [-0.39, 0.29) is 5.92 Å². The van der Waals surface area contributed by atoms with E-state index in [1.165, 1.54) is 33.4 Å². The molecule has 0 radical (unpaired) electrons. The van der Waals surface area contributed by atoms with Gasteiger partial charge < -0.3 is 4.74 Å². The van der Waals surface area contributed by atoms with Gasteiger partial charge in [0.2, 0.25) is 0 Å². The Kier molecular flexibility index (Phi) is 5.15. The molecule has 1 spiro atoms. The van der Waals surface area contributed by atoms with Gasteiger partial charge in [0.25, 0.3) is 0 Å². The Morgan fingerprint density at radius 1 is 0.651 bits per heavy atom. The average Bonchev–Trinajstić information content (AvgIpc) is 3.35. The summed E-state index contributed by atoms with van der Waals surface area (Å²) in [5.74, 6) is 2.93. The van der Waals surface area contributed by atoms with Crippen LogP contribution in [0, 0.1) is 5.92 Å². The highest BCUT2D eigenvalue weighted by atomic mass is 16.5. The molecule has 0 N–H and O–H groups in total. The maximum atomic E-state index is 6.76. The largest absolute Gasteiger partial charge is 0.461 e. The summed E-state index contributed by atoms with van der Waals surface area (Å²) >= 11 is 0. The number of aromatic nitrogens is 2. The summed E-state index contributed by atoms with van der Waals surface area (Å²) in [5, 5.41) is 1.06. The molecule has 3 aliphatic rings. The van der Waals surface area contributed by atoms with Gasteiger partial charge in [-0.2, -0.15) is 0 Å². The van der Waals surface area contributed by atoms with Crippen LogP contribution in [0.15, 0.2) is 145 Å². The Morgan fingerprint density at radius 2 is 1.28 bits per heavy atom. The fraction of sp³-hybridized carbons (Fsp3) is 0.100. The van der Waals surface area contributed by atoms with Gasteiger partial charge in [-0.1, -0.05) is 122 Å². The van der Waals surface area contributed by atoms with Gasteiger partial charge in [-0.25, -0.2) is 9.97 Å². The molecule has 0 bridgehead atoms. The minimum Gasteiger partial charge on any atom is -0.461 e. The average molecular weight is 553 g/mol. The fourth-order valence-electron chi connectivity index (χ4n) is 7.56. The second-order valence-corrected chi connectivity index (χ2v) is 11.8. The van der Waals surface area contributed by atoms with E-state index in [1.54, 1.807) is 0 Å². The van der Waals surface area contributed by atoms with Crippen molar-refractivity contribution in [3.8, 4) is 28.1 Å². The number of ether oxygens (including phenoxy) is 1. The zero-order valence-electron chi connectivity index (χ0n) is 23.8. The van der Waals surface area contributed by atoms with E-state index in [1.807, 2.05) is 6.07 Å². The topological polar surface area (TPSA) is 35.0 Å². The minimum atomic E-state index is -0.484. The van der Waals surface area contributed by atoms with Crippen molar-refractivity contribution in [1.82, 2.24) is 9.97 Å². The predicted molar refractivity (Wildman–Crippen MR) is 173 cm³/mol. The predicted octanol–water partition coefficient (Wildman–Crippen LogP) is 9.38. The van der Waals surface area contributed by atoms with Gasteiger partial charge in [0.05, 0.1) is 16.6 Å². The molecule has 1 unspecified atom stereocenters. The van der Waals surface area contributed by atoms with Crippen molar-refractivity contribution in [2.75, 3.05) is 0 Å². The molecule has 2 aliphatic carbocycles. The molecule has 1 aliphatic heterocycles. The number of para-hydroxylation sites is 2. The number of fused-ring (bicyclic) bond motifs is 9. The molecule has 0 amide bonds. The van der Waals surface area contributed by atoms with Crippen LogP contribution in [0.25, 0.3) is 38.9 Å². The zero-order valence-corrected chi connectivity index (χ0v) is 23.8. The normalized spacial score (nSPS) is 17.5. The Bertz CT molecular complexity index is 2110. The van der Waals surface area contributed by atoms with Gasteiger partial charge in [-0.15, -0.1) is 0 Å². The molecule has 3 heteroatoms. The molecule has 0 saturated carbocycles. The van der Waals surface area contributed by atoms with Crippen LogP contribution in [0.2, 0.25) is 0 Å². The highest BCUT2D eigenvalue weighted by molar-refractivity contribution is 5.94. The van der Waals surface area contributed by atoms with Crippen LogP contribution in [0.1, 0.15) is 35.9 Å². The first kappa shape index (κ1) is 24.3. The number of allylic oxidation sites excluding steroid dienone is 4. The van der Waals surface area contributed by atoms with E-state index in [9.17, 15) is 0 Å². The van der Waals surface area contributed by atoms with Gasteiger partial charge in [-0.05, 0) is 46.4 Å². The number of benzene rings is 5. The summed E-state index contributed by atoms with van der Waals surface area (Å²) in [7, 11) is 0. The van der Waals surface area contributed by atoms with Gasteiger partial charge in [0.15, 0.2) is 5.82 Å².